The first-order chi connectivity index (χ1) is 16.4. The van der Waals surface area contributed by atoms with Crippen molar-refractivity contribution in [1.82, 2.24) is 14.8 Å². The van der Waals surface area contributed by atoms with E-state index in [1.807, 2.05) is 0 Å². The van der Waals surface area contributed by atoms with Crippen molar-refractivity contribution < 1.29 is 32.5 Å². The molecule has 4 rings (SSSR count). The summed E-state index contributed by atoms with van der Waals surface area (Å²) in [6.45, 7) is 5.52. The van der Waals surface area contributed by atoms with Crippen molar-refractivity contribution in [2.75, 3.05) is 0 Å². The maximum atomic E-state index is 12.9. The molecule has 7 nitrogen and oxygen atoms in total. The van der Waals surface area contributed by atoms with E-state index in [9.17, 15) is 23.1 Å². The molecule has 0 atom stereocenters. The molecule has 0 bridgehead atoms. The Morgan fingerprint density at radius 3 is 2.40 bits per heavy atom. The van der Waals surface area contributed by atoms with Crippen LogP contribution in [0.2, 0.25) is 0 Å². The highest BCUT2D eigenvalue weighted by molar-refractivity contribution is 5.76. The Labute approximate surface area is 200 Å². The van der Waals surface area contributed by atoms with Crippen molar-refractivity contribution in [3.63, 3.8) is 0 Å². The number of aromatic nitrogens is 3. The maximum Gasteiger partial charge on any atom is 0.416 e. The van der Waals surface area contributed by atoms with Gasteiger partial charge in [-0.3, -0.25) is 0 Å². The summed E-state index contributed by atoms with van der Waals surface area (Å²) in [6, 6.07) is 9.84. The van der Waals surface area contributed by atoms with Gasteiger partial charge in [-0.1, -0.05) is 12.1 Å². The van der Waals surface area contributed by atoms with Crippen LogP contribution in [-0.2, 0) is 24.1 Å². The molecule has 0 unspecified atom stereocenters. The number of carboxylic acid groups (broad SMARTS) is 1. The predicted octanol–water partition coefficient (Wildman–Crippen LogP) is 5.50. The number of rotatable bonds is 9. The highest BCUT2D eigenvalue weighted by Gasteiger charge is 2.31. The van der Waals surface area contributed by atoms with Gasteiger partial charge >= 0.3 is 12.1 Å². The Kier molecular flexibility index (Phi) is 6.48. The second kappa shape index (κ2) is 9.24. The number of nitrogens with zero attached hydrogens (tertiary/aromatic N) is 3. The number of aryl methyl sites for hydroxylation is 1. The number of alkyl halides is 3. The minimum absolute atomic E-state index is 0.112. The largest absolute Gasteiger partial charge is 0.486 e. The van der Waals surface area contributed by atoms with Gasteiger partial charge in [0.2, 0.25) is 0 Å². The molecule has 2 aromatic carbocycles. The van der Waals surface area contributed by atoms with Crippen LogP contribution in [0.5, 0.6) is 11.5 Å². The zero-order valence-electron chi connectivity index (χ0n) is 19.6. The summed E-state index contributed by atoms with van der Waals surface area (Å²) in [7, 11) is 0. The van der Waals surface area contributed by atoms with E-state index in [0.29, 0.717) is 46.7 Å². The summed E-state index contributed by atoms with van der Waals surface area (Å²) >= 11 is 0. The molecule has 1 aromatic heterocycles. The first-order valence-electron chi connectivity index (χ1n) is 11.2. The topological polar surface area (TPSA) is 86.5 Å². The fourth-order valence-electron chi connectivity index (χ4n) is 3.40. The molecule has 1 saturated carbocycles. The van der Waals surface area contributed by atoms with Crippen molar-refractivity contribution in [2.45, 2.75) is 58.5 Å². The van der Waals surface area contributed by atoms with E-state index in [0.717, 1.165) is 25.0 Å². The fourth-order valence-corrected chi connectivity index (χ4v) is 3.40. The zero-order chi connectivity index (χ0) is 25.4. The Hall–Kier alpha value is -3.56. The molecule has 35 heavy (non-hydrogen) atoms. The summed E-state index contributed by atoms with van der Waals surface area (Å²) in [4.78, 5) is 15.9. The van der Waals surface area contributed by atoms with E-state index in [1.165, 1.54) is 26.0 Å². The molecule has 10 heteroatoms. The maximum absolute atomic E-state index is 12.9. The van der Waals surface area contributed by atoms with Crippen LogP contribution in [0, 0.1) is 12.8 Å². The van der Waals surface area contributed by atoms with Gasteiger partial charge in [-0.2, -0.15) is 18.3 Å². The number of hydrogen-bond acceptors (Lipinski definition) is 5. The van der Waals surface area contributed by atoms with E-state index in [-0.39, 0.29) is 6.61 Å². The number of ether oxygens (including phenoxy) is 2. The first-order valence-corrected chi connectivity index (χ1v) is 11.2. The van der Waals surface area contributed by atoms with E-state index < -0.39 is 23.3 Å². The van der Waals surface area contributed by atoms with Crippen LogP contribution in [-0.4, -0.2) is 31.4 Å². The van der Waals surface area contributed by atoms with E-state index in [4.69, 9.17) is 9.47 Å². The van der Waals surface area contributed by atoms with Gasteiger partial charge < -0.3 is 14.6 Å². The lowest BCUT2D eigenvalue weighted by Gasteiger charge is -2.23. The van der Waals surface area contributed by atoms with Crippen LogP contribution in [0.15, 0.2) is 42.5 Å². The number of benzene rings is 2. The molecule has 0 radical (unpaired) electrons. The average molecular weight is 489 g/mol. The quantitative estimate of drug-likeness (QED) is 0.427. The second-order valence-corrected chi connectivity index (χ2v) is 9.19. The Bertz CT molecular complexity index is 1220. The van der Waals surface area contributed by atoms with Crippen LogP contribution >= 0.6 is 0 Å². The van der Waals surface area contributed by atoms with Crippen molar-refractivity contribution in [2.24, 2.45) is 5.92 Å². The third-order valence-electron chi connectivity index (χ3n) is 5.74. The van der Waals surface area contributed by atoms with E-state index in [2.05, 4.69) is 10.1 Å². The molecule has 0 amide bonds. The number of aliphatic carboxylic acids is 1. The molecule has 1 fully saturated rings. The Morgan fingerprint density at radius 1 is 1.14 bits per heavy atom. The van der Waals surface area contributed by atoms with Gasteiger partial charge in [0.15, 0.2) is 17.2 Å². The van der Waals surface area contributed by atoms with Gasteiger partial charge in [0.25, 0.3) is 0 Å². The molecule has 0 aliphatic heterocycles. The number of carboxylic acids is 1. The standard InChI is InChI=1S/C25H26F3N3O4/c1-15-12-19(10-11-20(15)35-24(2,3)23(32)33)34-14-21-29-22(30-31(21)13-16-4-5-16)17-6-8-18(9-7-17)25(26,27)28/h6-12,16H,4-5,13-14H2,1-3H3,(H,32,33). The van der Waals surface area contributed by atoms with Crippen molar-refractivity contribution in [3.05, 3.63) is 59.4 Å². The fraction of sp³-hybridized carbons (Fsp3) is 0.400. The number of carbonyl (C=O) groups is 1. The van der Waals surface area contributed by atoms with Crippen LogP contribution < -0.4 is 9.47 Å². The normalized spacial score (nSPS) is 14.1. The van der Waals surface area contributed by atoms with E-state index >= 15 is 0 Å². The lowest BCUT2D eigenvalue weighted by molar-refractivity contribution is -0.152. The van der Waals surface area contributed by atoms with Gasteiger partial charge in [0, 0.05) is 12.1 Å². The SMILES string of the molecule is Cc1cc(OCc2nc(-c3ccc(C(F)(F)F)cc3)nn2CC2CC2)ccc1OC(C)(C)C(=O)O. The highest BCUT2D eigenvalue weighted by Crippen LogP contribution is 2.33. The molecule has 1 heterocycles. The third kappa shape index (κ3) is 5.93. The van der Waals surface area contributed by atoms with Gasteiger partial charge in [-0.25, -0.2) is 14.5 Å². The number of hydrogen-bond donors (Lipinski definition) is 1. The number of halogens is 3. The summed E-state index contributed by atoms with van der Waals surface area (Å²) < 4.78 is 51.9. The van der Waals surface area contributed by atoms with Gasteiger partial charge in [0.1, 0.15) is 18.1 Å². The van der Waals surface area contributed by atoms with Crippen LogP contribution in [0.25, 0.3) is 11.4 Å². The van der Waals surface area contributed by atoms with Crippen LogP contribution in [0.1, 0.15) is 43.6 Å². The van der Waals surface area contributed by atoms with Crippen molar-refractivity contribution in [1.29, 1.82) is 0 Å². The molecular weight excluding hydrogens is 463 g/mol. The highest BCUT2D eigenvalue weighted by atomic mass is 19.4. The molecule has 0 saturated heterocycles. The predicted molar refractivity (Wildman–Crippen MR) is 121 cm³/mol. The lowest BCUT2D eigenvalue weighted by Crippen LogP contribution is -2.38. The van der Waals surface area contributed by atoms with Gasteiger partial charge in [-0.15, -0.1) is 0 Å². The monoisotopic (exact) mass is 489 g/mol. The van der Waals surface area contributed by atoms with Crippen LogP contribution in [0.3, 0.4) is 0 Å². The first kappa shape index (κ1) is 24.6. The Morgan fingerprint density at radius 2 is 1.83 bits per heavy atom. The smallest absolute Gasteiger partial charge is 0.416 e. The molecule has 1 aliphatic rings. The molecule has 1 aliphatic carbocycles. The second-order valence-electron chi connectivity index (χ2n) is 9.19. The Balaban J connectivity index is 1.50. The molecule has 3 aromatic rings. The molecule has 186 valence electrons. The molecular formula is C25H26F3N3O4. The molecule has 1 N–H and O–H groups in total. The van der Waals surface area contributed by atoms with Crippen molar-refractivity contribution >= 4 is 5.97 Å². The minimum Gasteiger partial charge on any atom is -0.486 e. The lowest BCUT2D eigenvalue weighted by atomic mass is 10.1. The zero-order valence-corrected chi connectivity index (χ0v) is 19.6. The summed E-state index contributed by atoms with van der Waals surface area (Å²) in [6.07, 6.45) is -2.20. The third-order valence-corrected chi connectivity index (χ3v) is 5.74. The summed E-state index contributed by atoms with van der Waals surface area (Å²) in [5.41, 5.74) is -0.896. The van der Waals surface area contributed by atoms with Crippen molar-refractivity contribution in [3.8, 4) is 22.9 Å². The van der Waals surface area contributed by atoms with Crippen LogP contribution in [0.4, 0.5) is 13.2 Å². The van der Waals surface area contributed by atoms with E-state index in [1.54, 1.807) is 29.8 Å². The van der Waals surface area contributed by atoms with Gasteiger partial charge in [-0.05, 0) is 75.4 Å². The molecule has 0 spiro atoms. The average Bonchev–Trinajstić information content (AvgIpc) is 3.51. The minimum atomic E-state index is -4.40. The van der Waals surface area contributed by atoms with Gasteiger partial charge in [0.05, 0.1) is 5.56 Å². The summed E-state index contributed by atoms with van der Waals surface area (Å²) in [5, 5.41) is 13.8. The summed E-state index contributed by atoms with van der Waals surface area (Å²) in [5.74, 6) is 1.32.